The molecular weight excluding hydrogens is 306 g/mol. The highest BCUT2D eigenvalue weighted by Crippen LogP contribution is 2.24. The number of carbonyl (C=O) groups excluding carboxylic acids is 2. The van der Waals surface area contributed by atoms with Crippen LogP contribution in [0, 0.1) is 6.92 Å². The van der Waals surface area contributed by atoms with Crippen LogP contribution >= 0.6 is 0 Å². The van der Waals surface area contributed by atoms with Crippen LogP contribution in [0.5, 0.6) is 11.5 Å². The van der Waals surface area contributed by atoms with Crippen LogP contribution in [0.3, 0.4) is 0 Å². The molecule has 0 radical (unpaired) electrons. The van der Waals surface area contributed by atoms with E-state index in [1.54, 1.807) is 18.2 Å². The summed E-state index contributed by atoms with van der Waals surface area (Å²) < 4.78 is 11.0. The van der Waals surface area contributed by atoms with Crippen molar-refractivity contribution in [3.63, 3.8) is 0 Å². The Morgan fingerprint density at radius 1 is 1.12 bits per heavy atom. The standard InChI is InChI=1S/C19H21NO4/c1-3-10-23-17-9-6-15(12-21)18(11-17)24-13-19(22)20-16-7-4-14(2)5-8-16/h4-9,11-12H,3,10,13H2,1-2H3,(H,20,22). The van der Waals surface area contributed by atoms with Crippen LogP contribution < -0.4 is 14.8 Å². The van der Waals surface area contributed by atoms with E-state index in [-0.39, 0.29) is 12.5 Å². The van der Waals surface area contributed by atoms with Gasteiger partial charge in [-0.15, -0.1) is 0 Å². The zero-order valence-corrected chi connectivity index (χ0v) is 13.9. The van der Waals surface area contributed by atoms with Crippen LogP contribution in [-0.4, -0.2) is 25.4 Å². The molecule has 0 unspecified atom stereocenters. The van der Waals surface area contributed by atoms with Gasteiger partial charge in [0, 0.05) is 11.8 Å². The molecule has 1 N–H and O–H groups in total. The minimum atomic E-state index is -0.296. The predicted molar refractivity (Wildman–Crippen MR) is 92.9 cm³/mol. The Balaban J connectivity index is 1.97. The van der Waals surface area contributed by atoms with Gasteiger partial charge in [0.15, 0.2) is 12.9 Å². The lowest BCUT2D eigenvalue weighted by Gasteiger charge is -2.11. The van der Waals surface area contributed by atoms with E-state index in [4.69, 9.17) is 9.47 Å². The predicted octanol–water partition coefficient (Wildman–Crippen LogP) is 3.61. The maximum atomic E-state index is 12.0. The van der Waals surface area contributed by atoms with Gasteiger partial charge in [0.1, 0.15) is 11.5 Å². The van der Waals surface area contributed by atoms with Gasteiger partial charge >= 0.3 is 0 Å². The van der Waals surface area contributed by atoms with Crippen molar-refractivity contribution >= 4 is 17.9 Å². The smallest absolute Gasteiger partial charge is 0.262 e. The number of rotatable bonds is 8. The molecule has 126 valence electrons. The number of aryl methyl sites for hydroxylation is 1. The average Bonchev–Trinajstić information content (AvgIpc) is 2.60. The SMILES string of the molecule is CCCOc1ccc(C=O)c(OCC(=O)Nc2ccc(C)cc2)c1. The van der Waals surface area contributed by atoms with Gasteiger partial charge < -0.3 is 14.8 Å². The fraction of sp³-hybridized carbons (Fsp3) is 0.263. The summed E-state index contributed by atoms with van der Waals surface area (Å²) in [6.45, 7) is 4.37. The van der Waals surface area contributed by atoms with Crippen LogP contribution in [0.2, 0.25) is 0 Å². The number of aldehydes is 1. The van der Waals surface area contributed by atoms with Gasteiger partial charge in [0.25, 0.3) is 5.91 Å². The van der Waals surface area contributed by atoms with Crippen molar-refractivity contribution in [3.8, 4) is 11.5 Å². The lowest BCUT2D eigenvalue weighted by Crippen LogP contribution is -2.20. The normalized spacial score (nSPS) is 10.1. The summed E-state index contributed by atoms with van der Waals surface area (Å²) >= 11 is 0. The van der Waals surface area contributed by atoms with Gasteiger partial charge in [0.2, 0.25) is 0 Å². The Morgan fingerprint density at radius 3 is 2.54 bits per heavy atom. The summed E-state index contributed by atoms with van der Waals surface area (Å²) in [7, 11) is 0. The summed E-state index contributed by atoms with van der Waals surface area (Å²) in [6, 6.07) is 12.4. The molecule has 1 amide bonds. The highest BCUT2D eigenvalue weighted by atomic mass is 16.5. The molecule has 0 heterocycles. The Morgan fingerprint density at radius 2 is 1.88 bits per heavy atom. The lowest BCUT2D eigenvalue weighted by molar-refractivity contribution is -0.118. The van der Waals surface area contributed by atoms with Gasteiger partial charge in [-0.05, 0) is 37.6 Å². The first-order chi connectivity index (χ1) is 11.6. The van der Waals surface area contributed by atoms with E-state index in [1.807, 2.05) is 38.1 Å². The molecule has 0 atom stereocenters. The number of hydrogen-bond acceptors (Lipinski definition) is 4. The van der Waals surface area contributed by atoms with Gasteiger partial charge in [0.05, 0.1) is 12.2 Å². The molecule has 0 saturated heterocycles. The number of nitrogens with one attached hydrogen (secondary N) is 1. The molecule has 2 aromatic carbocycles. The Kier molecular flexibility index (Phi) is 6.37. The number of ether oxygens (including phenoxy) is 2. The Labute approximate surface area is 141 Å². The zero-order chi connectivity index (χ0) is 17.4. The Bertz CT molecular complexity index is 695. The molecular formula is C19H21NO4. The van der Waals surface area contributed by atoms with E-state index in [9.17, 15) is 9.59 Å². The largest absolute Gasteiger partial charge is 0.493 e. The quantitative estimate of drug-likeness (QED) is 0.752. The molecule has 0 aliphatic heterocycles. The molecule has 0 spiro atoms. The molecule has 24 heavy (non-hydrogen) atoms. The van der Waals surface area contributed by atoms with Crippen molar-refractivity contribution < 1.29 is 19.1 Å². The molecule has 0 saturated carbocycles. The molecule has 0 aliphatic carbocycles. The number of benzene rings is 2. The van der Waals surface area contributed by atoms with E-state index < -0.39 is 0 Å². The first-order valence-corrected chi connectivity index (χ1v) is 7.83. The van der Waals surface area contributed by atoms with E-state index in [0.29, 0.717) is 35.6 Å². The monoisotopic (exact) mass is 327 g/mol. The van der Waals surface area contributed by atoms with Crippen LogP contribution in [0.25, 0.3) is 0 Å². The molecule has 0 bridgehead atoms. The summed E-state index contributed by atoms with van der Waals surface area (Å²) in [4.78, 5) is 23.1. The fourth-order valence-corrected chi connectivity index (χ4v) is 2.02. The topological polar surface area (TPSA) is 64.6 Å². The fourth-order valence-electron chi connectivity index (χ4n) is 2.02. The van der Waals surface area contributed by atoms with E-state index >= 15 is 0 Å². The second-order valence-corrected chi connectivity index (χ2v) is 5.37. The van der Waals surface area contributed by atoms with E-state index in [2.05, 4.69) is 5.32 Å². The van der Waals surface area contributed by atoms with Crippen LogP contribution in [0.1, 0.15) is 29.3 Å². The molecule has 5 nitrogen and oxygen atoms in total. The van der Waals surface area contributed by atoms with E-state index in [0.717, 1.165) is 12.0 Å². The van der Waals surface area contributed by atoms with Crippen molar-refractivity contribution in [2.24, 2.45) is 0 Å². The third-order valence-corrected chi connectivity index (χ3v) is 3.28. The van der Waals surface area contributed by atoms with Crippen LogP contribution in [0.15, 0.2) is 42.5 Å². The first-order valence-electron chi connectivity index (χ1n) is 7.83. The second kappa shape index (κ2) is 8.72. The maximum absolute atomic E-state index is 12.0. The van der Waals surface area contributed by atoms with Crippen molar-refractivity contribution in [2.45, 2.75) is 20.3 Å². The molecule has 5 heteroatoms. The number of hydrogen-bond donors (Lipinski definition) is 1. The van der Waals surface area contributed by atoms with E-state index in [1.165, 1.54) is 0 Å². The van der Waals surface area contributed by atoms with Gasteiger partial charge in [-0.2, -0.15) is 0 Å². The molecule has 0 fully saturated rings. The minimum absolute atomic E-state index is 0.189. The summed E-state index contributed by atoms with van der Waals surface area (Å²) in [5.41, 5.74) is 2.19. The first kappa shape index (κ1) is 17.5. The number of carbonyl (C=O) groups is 2. The number of amides is 1. The summed E-state index contributed by atoms with van der Waals surface area (Å²) in [5.74, 6) is 0.643. The highest BCUT2D eigenvalue weighted by Gasteiger charge is 2.09. The molecule has 2 rings (SSSR count). The third kappa shape index (κ3) is 5.12. The minimum Gasteiger partial charge on any atom is -0.493 e. The van der Waals surface area contributed by atoms with Crippen LogP contribution in [0.4, 0.5) is 5.69 Å². The third-order valence-electron chi connectivity index (χ3n) is 3.28. The van der Waals surface area contributed by atoms with Crippen molar-refractivity contribution in [1.29, 1.82) is 0 Å². The highest BCUT2D eigenvalue weighted by molar-refractivity contribution is 5.92. The van der Waals surface area contributed by atoms with Gasteiger partial charge in [-0.25, -0.2) is 0 Å². The van der Waals surface area contributed by atoms with Gasteiger partial charge in [-0.1, -0.05) is 24.6 Å². The van der Waals surface area contributed by atoms with Crippen molar-refractivity contribution in [2.75, 3.05) is 18.5 Å². The van der Waals surface area contributed by atoms with Crippen molar-refractivity contribution in [1.82, 2.24) is 0 Å². The average molecular weight is 327 g/mol. The summed E-state index contributed by atoms with van der Waals surface area (Å²) in [6.07, 6.45) is 1.57. The van der Waals surface area contributed by atoms with Crippen LogP contribution in [-0.2, 0) is 4.79 Å². The van der Waals surface area contributed by atoms with Gasteiger partial charge in [-0.3, -0.25) is 9.59 Å². The molecule has 0 aliphatic rings. The Hall–Kier alpha value is -2.82. The second-order valence-electron chi connectivity index (χ2n) is 5.37. The maximum Gasteiger partial charge on any atom is 0.262 e. The summed E-state index contributed by atoms with van der Waals surface area (Å²) in [5, 5.41) is 2.74. The van der Waals surface area contributed by atoms with Crippen molar-refractivity contribution in [3.05, 3.63) is 53.6 Å². The zero-order valence-electron chi connectivity index (χ0n) is 13.9. The lowest BCUT2D eigenvalue weighted by atomic mass is 10.2. The number of anilines is 1. The molecule has 0 aromatic heterocycles. The molecule has 2 aromatic rings.